The van der Waals surface area contributed by atoms with Gasteiger partial charge < -0.3 is 9.88 Å². The van der Waals surface area contributed by atoms with E-state index in [9.17, 15) is 8.42 Å². The van der Waals surface area contributed by atoms with E-state index >= 15 is 0 Å². The third-order valence-electron chi connectivity index (χ3n) is 7.61. The standard InChI is InChI=1S/C23H37N5O2S/c1-4-5-17(2)19-11-13-28(14-19)31(29,30)15-18-6-8-20(9-7-18)27(3)23-21-10-12-24-22(21)25-16-26-23/h10,12,16-20H,4-9,11,13-15H2,1-3H3,(H,24,25,26)/t17-,18?,19-,20?/m1/s1. The minimum absolute atomic E-state index is 0.263. The van der Waals surface area contributed by atoms with Crippen molar-refractivity contribution < 1.29 is 8.42 Å². The minimum atomic E-state index is -3.16. The summed E-state index contributed by atoms with van der Waals surface area (Å²) in [6, 6.07) is 2.40. The van der Waals surface area contributed by atoms with E-state index in [0.717, 1.165) is 55.5 Å². The number of hydrogen-bond acceptors (Lipinski definition) is 5. The Morgan fingerprint density at radius 2 is 2.00 bits per heavy atom. The Balaban J connectivity index is 1.31. The van der Waals surface area contributed by atoms with Gasteiger partial charge in [-0.05, 0) is 55.9 Å². The molecule has 3 heterocycles. The molecule has 0 unspecified atom stereocenters. The molecule has 0 spiro atoms. The molecule has 0 aromatic carbocycles. The van der Waals surface area contributed by atoms with Crippen LogP contribution in [0.1, 0.15) is 58.8 Å². The van der Waals surface area contributed by atoms with Gasteiger partial charge in [-0.15, -0.1) is 0 Å². The fourth-order valence-corrected chi connectivity index (χ4v) is 7.52. The average molecular weight is 448 g/mol. The van der Waals surface area contributed by atoms with Gasteiger partial charge in [-0.1, -0.05) is 26.7 Å². The molecule has 0 amide bonds. The van der Waals surface area contributed by atoms with Gasteiger partial charge >= 0.3 is 0 Å². The summed E-state index contributed by atoms with van der Waals surface area (Å²) in [7, 11) is -1.06. The smallest absolute Gasteiger partial charge is 0.214 e. The highest BCUT2D eigenvalue weighted by Crippen LogP contribution is 2.34. The molecular formula is C23H37N5O2S. The average Bonchev–Trinajstić information content (AvgIpc) is 3.43. The van der Waals surface area contributed by atoms with Crippen LogP contribution < -0.4 is 4.90 Å². The molecule has 1 aliphatic carbocycles. The summed E-state index contributed by atoms with van der Waals surface area (Å²) in [5, 5.41) is 1.04. The molecule has 8 heteroatoms. The number of aromatic nitrogens is 3. The number of nitrogens with zero attached hydrogens (tertiary/aromatic N) is 4. The molecule has 1 N–H and O–H groups in total. The lowest BCUT2D eigenvalue weighted by Crippen LogP contribution is -2.39. The molecule has 0 bridgehead atoms. The summed E-state index contributed by atoms with van der Waals surface area (Å²) in [6.45, 7) is 5.92. The van der Waals surface area contributed by atoms with Crippen LogP contribution in [-0.4, -0.2) is 59.6 Å². The molecule has 2 fully saturated rings. The normalized spacial score (nSPS) is 26.4. The number of H-pyrrole nitrogens is 1. The Hall–Kier alpha value is -1.67. The van der Waals surface area contributed by atoms with Crippen LogP contribution in [0.15, 0.2) is 18.6 Å². The van der Waals surface area contributed by atoms with Gasteiger partial charge in [0.1, 0.15) is 17.8 Å². The summed E-state index contributed by atoms with van der Waals surface area (Å²) < 4.78 is 27.9. The van der Waals surface area contributed by atoms with Crippen molar-refractivity contribution in [3.8, 4) is 0 Å². The van der Waals surface area contributed by atoms with Crippen LogP contribution in [0.4, 0.5) is 5.82 Å². The number of fused-ring (bicyclic) bond motifs is 1. The SMILES string of the molecule is CCC[C@@H](C)[C@@H]1CCN(S(=O)(=O)CC2CCC(N(C)c3ncnc4[nH]ccc34)CC2)C1. The largest absolute Gasteiger partial charge is 0.356 e. The van der Waals surface area contributed by atoms with Crippen molar-refractivity contribution in [1.82, 2.24) is 19.3 Å². The third kappa shape index (κ3) is 4.90. The number of sulfonamides is 1. The van der Waals surface area contributed by atoms with Gasteiger partial charge in [0.15, 0.2) is 0 Å². The second-order valence-corrected chi connectivity index (χ2v) is 11.7. The molecule has 31 heavy (non-hydrogen) atoms. The van der Waals surface area contributed by atoms with Crippen LogP contribution in [0, 0.1) is 17.8 Å². The highest BCUT2D eigenvalue weighted by Gasteiger charge is 2.36. The molecule has 2 aromatic rings. The predicted molar refractivity (Wildman–Crippen MR) is 126 cm³/mol. The van der Waals surface area contributed by atoms with E-state index in [1.54, 1.807) is 10.6 Å². The van der Waals surface area contributed by atoms with Gasteiger partial charge in [-0.25, -0.2) is 22.7 Å². The van der Waals surface area contributed by atoms with Crippen LogP contribution in [0.3, 0.4) is 0 Å². The zero-order valence-corrected chi connectivity index (χ0v) is 19.9. The fourth-order valence-electron chi connectivity index (χ4n) is 5.58. The number of nitrogens with one attached hydrogen (secondary N) is 1. The monoisotopic (exact) mass is 447 g/mol. The van der Waals surface area contributed by atoms with Crippen molar-refractivity contribution in [2.45, 2.75) is 64.8 Å². The molecule has 172 valence electrons. The van der Waals surface area contributed by atoms with E-state index < -0.39 is 10.0 Å². The Labute approximate surface area is 186 Å². The number of anilines is 1. The molecule has 1 saturated carbocycles. The summed E-state index contributed by atoms with van der Waals surface area (Å²) in [4.78, 5) is 14.2. The fraction of sp³-hybridized carbons (Fsp3) is 0.739. The van der Waals surface area contributed by atoms with Crippen molar-refractivity contribution in [3.63, 3.8) is 0 Å². The molecule has 0 radical (unpaired) electrons. The summed E-state index contributed by atoms with van der Waals surface area (Å²) >= 11 is 0. The number of aromatic amines is 1. The predicted octanol–water partition coefficient (Wildman–Crippen LogP) is 4.04. The number of hydrogen-bond donors (Lipinski definition) is 1. The minimum Gasteiger partial charge on any atom is -0.356 e. The summed E-state index contributed by atoms with van der Waals surface area (Å²) in [5.41, 5.74) is 0.855. The van der Waals surface area contributed by atoms with Crippen molar-refractivity contribution in [2.24, 2.45) is 17.8 Å². The molecule has 2 atom stereocenters. The van der Waals surface area contributed by atoms with Crippen LogP contribution in [0.25, 0.3) is 11.0 Å². The topological polar surface area (TPSA) is 82.2 Å². The summed E-state index contributed by atoms with van der Waals surface area (Å²) in [6.07, 6.45) is 10.8. The van der Waals surface area contributed by atoms with E-state index in [0.29, 0.717) is 30.2 Å². The van der Waals surface area contributed by atoms with Crippen LogP contribution in [0.5, 0.6) is 0 Å². The molecule has 4 rings (SSSR count). The molecule has 1 aliphatic heterocycles. The lowest BCUT2D eigenvalue weighted by Gasteiger charge is -2.35. The molecule has 2 aliphatic rings. The van der Waals surface area contributed by atoms with E-state index in [2.05, 4.69) is 40.7 Å². The zero-order valence-electron chi connectivity index (χ0n) is 19.1. The van der Waals surface area contributed by atoms with Crippen LogP contribution in [0.2, 0.25) is 0 Å². The highest BCUT2D eigenvalue weighted by molar-refractivity contribution is 7.89. The van der Waals surface area contributed by atoms with Crippen molar-refractivity contribution in [1.29, 1.82) is 0 Å². The Bertz CT molecular complexity index is 967. The van der Waals surface area contributed by atoms with E-state index in [1.807, 2.05) is 12.3 Å². The van der Waals surface area contributed by atoms with E-state index in [4.69, 9.17) is 0 Å². The first kappa shape index (κ1) is 22.5. The van der Waals surface area contributed by atoms with Gasteiger partial charge in [0, 0.05) is 32.4 Å². The lowest BCUT2D eigenvalue weighted by molar-refractivity contribution is 0.329. The van der Waals surface area contributed by atoms with Gasteiger partial charge in [0.2, 0.25) is 10.0 Å². The first-order chi connectivity index (χ1) is 14.9. The van der Waals surface area contributed by atoms with Crippen LogP contribution >= 0.6 is 0 Å². The molecule has 1 saturated heterocycles. The highest BCUT2D eigenvalue weighted by atomic mass is 32.2. The quantitative estimate of drug-likeness (QED) is 0.660. The maximum atomic E-state index is 13.1. The van der Waals surface area contributed by atoms with E-state index in [-0.39, 0.29) is 5.92 Å². The van der Waals surface area contributed by atoms with Gasteiger partial charge in [0.05, 0.1) is 11.1 Å². The Morgan fingerprint density at radius 3 is 2.74 bits per heavy atom. The Morgan fingerprint density at radius 1 is 1.23 bits per heavy atom. The zero-order chi connectivity index (χ0) is 22.0. The lowest BCUT2D eigenvalue weighted by atomic mass is 9.86. The van der Waals surface area contributed by atoms with Crippen LogP contribution in [-0.2, 0) is 10.0 Å². The first-order valence-corrected chi connectivity index (χ1v) is 13.5. The second kappa shape index (κ2) is 9.45. The molecule has 7 nitrogen and oxygen atoms in total. The van der Waals surface area contributed by atoms with E-state index in [1.165, 1.54) is 12.8 Å². The van der Waals surface area contributed by atoms with Crippen molar-refractivity contribution >= 4 is 26.9 Å². The Kier molecular flexibility index (Phi) is 6.86. The number of rotatable bonds is 8. The molecule has 2 aromatic heterocycles. The first-order valence-electron chi connectivity index (χ1n) is 11.9. The maximum absolute atomic E-state index is 13.1. The molecular weight excluding hydrogens is 410 g/mol. The van der Waals surface area contributed by atoms with Crippen molar-refractivity contribution in [3.05, 3.63) is 18.6 Å². The van der Waals surface area contributed by atoms with Gasteiger partial charge in [-0.3, -0.25) is 0 Å². The second-order valence-electron chi connectivity index (χ2n) is 9.67. The van der Waals surface area contributed by atoms with Gasteiger partial charge in [-0.2, -0.15) is 0 Å². The van der Waals surface area contributed by atoms with Crippen molar-refractivity contribution in [2.75, 3.05) is 30.8 Å². The van der Waals surface area contributed by atoms with Gasteiger partial charge in [0.25, 0.3) is 0 Å². The summed E-state index contributed by atoms with van der Waals surface area (Å²) in [5.74, 6) is 2.67. The maximum Gasteiger partial charge on any atom is 0.214 e. The third-order valence-corrected chi connectivity index (χ3v) is 9.62.